The second kappa shape index (κ2) is 6.36. The van der Waals surface area contributed by atoms with E-state index in [1.165, 1.54) is 0 Å². The zero-order valence-electron chi connectivity index (χ0n) is 10.8. The Morgan fingerprint density at radius 1 is 1.05 bits per heavy atom. The highest BCUT2D eigenvalue weighted by Crippen LogP contribution is 2.12. The van der Waals surface area contributed by atoms with E-state index in [1.807, 2.05) is 67.7 Å². The summed E-state index contributed by atoms with van der Waals surface area (Å²) in [4.78, 5) is 0. The lowest BCUT2D eigenvalue weighted by atomic mass is 10.1. The third kappa shape index (κ3) is 3.68. The molecule has 0 aliphatic rings. The standard InChI is InChI=1S/C16H15N3/c1-19(16-10-6-3-7-11-16)18-15(13-17)12-14-8-4-2-5-9-14/h2-11H,12H2,1H3/b18-15-. The molecular formula is C16H15N3. The van der Waals surface area contributed by atoms with Gasteiger partial charge in [-0.25, -0.2) is 0 Å². The van der Waals surface area contributed by atoms with Crippen LogP contribution in [0, 0.1) is 11.3 Å². The lowest BCUT2D eigenvalue weighted by molar-refractivity contribution is 1.01. The Hall–Kier alpha value is -2.60. The predicted molar refractivity (Wildman–Crippen MR) is 78.0 cm³/mol. The molecule has 0 fully saturated rings. The van der Waals surface area contributed by atoms with Gasteiger partial charge in [0.15, 0.2) is 0 Å². The number of hydrazone groups is 1. The van der Waals surface area contributed by atoms with E-state index in [0.717, 1.165) is 11.3 Å². The topological polar surface area (TPSA) is 39.4 Å². The maximum absolute atomic E-state index is 9.18. The quantitative estimate of drug-likeness (QED) is 0.616. The summed E-state index contributed by atoms with van der Waals surface area (Å²) in [6.07, 6.45) is 0.550. The van der Waals surface area contributed by atoms with Crippen molar-refractivity contribution in [3.63, 3.8) is 0 Å². The maximum Gasteiger partial charge on any atom is 0.142 e. The molecule has 2 aromatic rings. The molecule has 0 aromatic heterocycles. The first-order valence-electron chi connectivity index (χ1n) is 6.10. The Balaban J connectivity index is 2.14. The number of anilines is 1. The molecule has 0 saturated carbocycles. The minimum Gasteiger partial charge on any atom is -0.268 e. The van der Waals surface area contributed by atoms with E-state index in [0.29, 0.717) is 12.1 Å². The highest BCUT2D eigenvalue weighted by Gasteiger charge is 2.03. The van der Waals surface area contributed by atoms with Crippen molar-refractivity contribution in [3.05, 3.63) is 66.2 Å². The first kappa shape index (κ1) is 12.8. The van der Waals surface area contributed by atoms with Crippen LogP contribution in [0.1, 0.15) is 5.56 Å². The van der Waals surface area contributed by atoms with Gasteiger partial charge in [-0.2, -0.15) is 10.4 Å². The molecule has 3 heteroatoms. The van der Waals surface area contributed by atoms with E-state index in [4.69, 9.17) is 0 Å². The van der Waals surface area contributed by atoms with E-state index < -0.39 is 0 Å². The van der Waals surface area contributed by atoms with Crippen LogP contribution >= 0.6 is 0 Å². The minimum atomic E-state index is 0.498. The molecule has 0 aliphatic carbocycles. The average Bonchev–Trinajstić information content (AvgIpc) is 2.48. The molecule has 0 bridgehead atoms. The van der Waals surface area contributed by atoms with Gasteiger partial charge in [0.25, 0.3) is 0 Å². The minimum absolute atomic E-state index is 0.498. The molecule has 19 heavy (non-hydrogen) atoms. The molecule has 3 nitrogen and oxygen atoms in total. The Morgan fingerprint density at radius 2 is 1.63 bits per heavy atom. The van der Waals surface area contributed by atoms with Crippen molar-refractivity contribution in [2.24, 2.45) is 5.10 Å². The second-order valence-electron chi connectivity index (χ2n) is 4.18. The van der Waals surface area contributed by atoms with Gasteiger partial charge in [0.05, 0.1) is 5.69 Å². The molecule has 2 rings (SSSR count). The summed E-state index contributed by atoms with van der Waals surface area (Å²) in [5.74, 6) is 0. The van der Waals surface area contributed by atoms with Crippen LogP contribution in [0.15, 0.2) is 65.8 Å². The molecule has 0 N–H and O–H groups in total. The number of nitrogens with zero attached hydrogens (tertiary/aromatic N) is 3. The van der Waals surface area contributed by atoms with Gasteiger partial charge in [0, 0.05) is 13.5 Å². The van der Waals surface area contributed by atoms with E-state index in [1.54, 1.807) is 5.01 Å². The highest BCUT2D eigenvalue weighted by molar-refractivity contribution is 6.00. The first-order valence-corrected chi connectivity index (χ1v) is 6.10. The molecule has 0 spiro atoms. The number of hydrogen-bond donors (Lipinski definition) is 0. The largest absolute Gasteiger partial charge is 0.268 e. The fourth-order valence-corrected chi connectivity index (χ4v) is 1.77. The summed E-state index contributed by atoms with van der Waals surface area (Å²) in [5, 5.41) is 15.2. The van der Waals surface area contributed by atoms with Crippen molar-refractivity contribution in [1.82, 2.24) is 0 Å². The lowest BCUT2D eigenvalue weighted by Crippen LogP contribution is -2.13. The molecule has 94 valence electrons. The summed E-state index contributed by atoms with van der Waals surface area (Å²) >= 11 is 0. The molecule has 0 aliphatic heterocycles. The van der Waals surface area contributed by atoms with Crippen molar-refractivity contribution in [2.45, 2.75) is 6.42 Å². The van der Waals surface area contributed by atoms with Crippen molar-refractivity contribution in [1.29, 1.82) is 5.26 Å². The highest BCUT2D eigenvalue weighted by atomic mass is 15.4. The Morgan fingerprint density at radius 3 is 2.21 bits per heavy atom. The number of hydrogen-bond acceptors (Lipinski definition) is 3. The zero-order valence-corrected chi connectivity index (χ0v) is 10.8. The smallest absolute Gasteiger partial charge is 0.142 e. The number of para-hydroxylation sites is 1. The summed E-state index contributed by atoms with van der Waals surface area (Å²) in [6, 6.07) is 21.8. The number of nitriles is 1. The molecule has 0 unspecified atom stereocenters. The van der Waals surface area contributed by atoms with E-state index in [-0.39, 0.29) is 0 Å². The zero-order chi connectivity index (χ0) is 13.5. The van der Waals surface area contributed by atoms with Crippen LogP contribution in [0.25, 0.3) is 0 Å². The van der Waals surface area contributed by atoms with Crippen molar-refractivity contribution >= 4 is 11.4 Å². The summed E-state index contributed by atoms with van der Waals surface area (Å²) < 4.78 is 0. The van der Waals surface area contributed by atoms with E-state index in [2.05, 4.69) is 11.2 Å². The average molecular weight is 249 g/mol. The third-order valence-electron chi connectivity index (χ3n) is 2.74. The van der Waals surface area contributed by atoms with Crippen LogP contribution in [-0.2, 0) is 6.42 Å². The monoisotopic (exact) mass is 249 g/mol. The van der Waals surface area contributed by atoms with Crippen LogP contribution in [0.2, 0.25) is 0 Å². The van der Waals surface area contributed by atoms with Gasteiger partial charge >= 0.3 is 0 Å². The lowest BCUT2D eigenvalue weighted by Gasteiger charge is -2.13. The van der Waals surface area contributed by atoms with Crippen LogP contribution in [0.4, 0.5) is 5.69 Å². The van der Waals surface area contributed by atoms with Gasteiger partial charge in [-0.3, -0.25) is 5.01 Å². The second-order valence-corrected chi connectivity index (χ2v) is 4.18. The predicted octanol–water partition coefficient (Wildman–Crippen LogP) is 3.25. The van der Waals surface area contributed by atoms with Gasteiger partial charge < -0.3 is 0 Å². The third-order valence-corrected chi connectivity index (χ3v) is 2.74. The summed E-state index contributed by atoms with van der Waals surface area (Å²) in [6.45, 7) is 0. The SMILES string of the molecule is CN(/N=C(\C#N)Cc1ccccc1)c1ccccc1. The van der Waals surface area contributed by atoms with Crippen molar-refractivity contribution < 1.29 is 0 Å². The normalized spacial score (nSPS) is 10.8. The van der Waals surface area contributed by atoms with Gasteiger partial charge in [-0.05, 0) is 17.7 Å². The van der Waals surface area contributed by atoms with Crippen LogP contribution in [0.5, 0.6) is 0 Å². The molecule has 0 atom stereocenters. The number of benzene rings is 2. The summed E-state index contributed by atoms with van der Waals surface area (Å²) in [5.41, 5.74) is 2.55. The van der Waals surface area contributed by atoms with Crippen molar-refractivity contribution in [2.75, 3.05) is 12.1 Å². The van der Waals surface area contributed by atoms with Gasteiger partial charge in [0.2, 0.25) is 0 Å². The Bertz CT molecular complexity index is 582. The van der Waals surface area contributed by atoms with Crippen LogP contribution in [0.3, 0.4) is 0 Å². The van der Waals surface area contributed by atoms with Gasteiger partial charge in [-0.15, -0.1) is 0 Å². The maximum atomic E-state index is 9.18. The van der Waals surface area contributed by atoms with Crippen LogP contribution in [-0.4, -0.2) is 12.8 Å². The molecule has 0 heterocycles. The fourth-order valence-electron chi connectivity index (χ4n) is 1.77. The molecule has 0 saturated heterocycles. The van der Waals surface area contributed by atoms with Gasteiger partial charge in [-0.1, -0.05) is 48.5 Å². The molecule has 0 amide bonds. The van der Waals surface area contributed by atoms with Crippen molar-refractivity contribution in [3.8, 4) is 6.07 Å². The molecular weight excluding hydrogens is 234 g/mol. The summed E-state index contributed by atoms with van der Waals surface area (Å²) in [7, 11) is 1.84. The van der Waals surface area contributed by atoms with E-state index >= 15 is 0 Å². The fraction of sp³-hybridized carbons (Fsp3) is 0.125. The van der Waals surface area contributed by atoms with Gasteiger partial charge in [0.1, 0.15) is 11.8 Å². The molecule has 2 aromatic carbocycles. The molecule has 0 radical (unpaired) electrons. The first-order chi connectivity index (χ1) is 9.29. The Labute approximate surface area is 113 Å². The Kier molecular flexibility index (Phi) is 4.30. The van der Waals surface area contributed by atoms with E-state index in [9.17, 15) is 5.26 Å². The number of rotatable bonds is 4. The van der Waals surface area contributed by atoms with Crippen LogP contribution < -0.4 is 5.01 Å².